The standard InChI is InChI=1S/C18H25FN2/c1-14-5-7-18(8-6-14)21(2)13-16-10-15(4-3-9-20)11-17(19)12-16/h10-12,14,18H,5-9,13,20H2,1-2H3. The average Bonchev–Trinajstić information content (AvgIpc) is 2.45. The lowest BCUT2D eigenvalue weighted by atomic mass is 9.86. The third kappa shape index (κ3) is 4.84. The Balaban J connectivity index is 2.03. The van der Waals surface area contributed by atoms with E-state index in [0.29, 0.717) is 18.2 Å². The van der Waals surface area contributed by atoms with Crippen LogP contribution >= 0.6 is 0 Å². The summed E-state index contributed by atoms with van der Waals surface area (Å²) in [5.74, 6) is 6.31. The van der Waals surface area contributed by atoms with Crippen molar-refractivity contribution in [2.24, 2.45) is 11.7 Å². The largest absolute Gasteiger partial charge is 0.320 e. The van der Waals surface area contributed by atoms with Gasteiger partial charge in [-0.05, 0) is 62.4 Å². The summed E-state index contributed by atoms with van der Waals surface area (Å²) in [6.45, 7) is 3.39. The molecular formula is C18H25FN2. The molecule has 0 amide bonds. The van der Waals surface area contributed by atoms with Gasteiger partial charge < -0.3 is 5.73 Å². The van der Waals surface area contributed by atoms with E-state index in [9.17, 15) is 4.39 Å². The molecule has 1 aliphatic carbocycles. The van der Waals surface area contributed by atoms with E-state index >= 15 is 0 Å². The van der Waals surface area contributed by atoms with Crippen LogP contribution in [0.25, 0.3) is 0 Å². The maximum Gasteiger partial charge on any atom is 0.124 e. The Morgan fingerprint density at radius 3 is 2.62 bits per heavy atom. The SMILES string of the molecule is CC1CCC(N(C)Cc2cc(F)cc(C#CCN)c2)CC1. The third-order valence-corrected chi connectivity index (χ3v) is 4.33. The highest BCUT2D eigenvalue weighted by Crippen LogP contribution is 2.27. The van der Waals surface area contributed by atoms with Crippen LogP contribution in [0, 0.1) is 23.6 Å². The monoisotopic (exact) mass is 288 g/mol. The first-order valence-electron chi connectivity index (χ1n) is 7.77. The molecule has 1 fully saturated rings. The number of benzene rings is 1. The van der Waals surface area contributed by atoms with Crippen molar-refractivity contribution in [3.05, 3.63) is 35.1 Å². The minimum absolute atomic E-state index is 0.223. The molecule has 2 nitrogen and oxygen atoms in total. The van der Waals surface area contributed by atoms with Crippen molar-refractivity contribution < 1.29 is 4.39 Å². The van der Waals surface area contributed by atoms with Crippen LogP contribution in [-0.2, 0) is 6.54 Å². The zero-order valence-electron chi connectivity index (χ0n) is 13.0. The summed E-state index contributed by atoms with van der Waals surface area (Å²) in [6, 6.07) is 5.65. The molecule has 1 aromatic rings. The molecule has 0 aliphatic heterocycles. The Kier molecular flexibility index (Phi) is 5.78. The molecule has 0 heterocycles. The van der Waals surface area contributed by atoms with Crippen molar-refractivity contribution in [3.63, 3.8) is 0 Å². The smallest absolute Gasteiger partial charge is 0.124 e. The van der Waals surface area contributed by atoms with Gasteiger partial charge in [-0.15, -0.1) is 0 Å². The highest BCUT2D eigenvalue weighted by atomic mass is 19.1. The van der Waals surface area contributed by atoms with Gasteiger partial charge in [0.1, 0.15) is 5.82 Å². The Morgan fingerprint density at radius 1 is 1.24 bits per heavy atom. The van der Waals surface area contributed by atoms with E-state index in [1.807, 2.05) is 6.07 Å². The fourth-order valence-electron chi connectivity index (χ4n) is 3.07. The van der Waals surface area contributed by atoms with Crippen molar-refractivity contribution in [1.82, 2.24) is 4.90 Å². The highest BCUT2D eigenvalue weighted by Gasteiger charge is 2.21. The molecule has 0 radical (unpaired) electrons. The van der Waals surface area contributed by atoms with Crippen LogP contribution in [0.4, 0.5) is 4.39 Å². The lowest BCUT2D eigenvalue weighted by Gasteiger charge is -2.33. The molecule has 0 unspecified atom stereocenters. The number of halogens is 1. The first-order valence-corrected chi connectivity index (χ1v) is 7.77. The molecule has 0 aromatic heterocycles. The van der Waals surface area contributed by atoms with Crippen LogP contribution in [0.15, 0.2) is 18.2 Å². The van der Waals surface area contributed by atoms with Crippen molar-refractivity contribution in [3.8, 4) is 11.8 Å². The fourth-order valence-corrected chi connectivity index (χ4v) is 3.07. The predicted octanol–water partition coefficient (Wildman–Crippen LogP) is 3.15. The second-order valence-electron chi connectivity index (χ2n) is 6.18. The van der Waals surface area contributed by atoms with Gasteiger partial charge in [-0.25, -0.2) is 4.39 Å². The molecule has 2 rings (SSSR count). The van der Waals surface area contributed by atoms with E-state index in [0.717, 1.165) is 18.0 Å². The maximum absolute atomic E-state index is 13.7. The van der Waals surface area contributed by atoms with Crippen LogP contribution in [-0.4, -0.2) is 24.5 Å². The molecule has 2 N–H and O–H groups in total. The number of hydrogen-bond acceptors (Lipinski definition) is 2. The molecule has 21 heavy (non-hydrogen) atoms. The van der Waals surface area contributed by atoms with Crippen LogP contribution in [0.2, 0.25) is 0 Å². The van der Waals surface area contributed by atoms with Gasteiger partial charge in [0.2, 0.25) is 0 Å². The summed E-state index contributed by atoms with van der Waals surface area (Å²) in [6.07, 6.45) is 5.08. The van der Waals surface area contributed by atoms with Crippen LogP contribution in [0.1, 0.15) is 43.7 Å². The van der Waals surface area contributed by atoms with E-state index < -0.39 is 0 Å². The summed E-state index contributed by atoms with van der Waals surface area (Å²) in [4.78, 5) is 2.35. The Morgan fingerprint density at radius 2 is 1.95 bits per heavy atom. The Labute approximate surface area is 127 Å². The molecule has 1 saturated carbocycles. The Hall–Kier alpha value is -1.37. The van der Waals surface area contributed by atoms with Gasteiger partial charge in [-0.1, -0.05) is 18.8 Å². The van der Waals surface area contributed by atoms with Crippen molar-refractivity contribution in [1.29, 1.82) is 0 Å². The quantitative estimate of drug-likeness (QED) is 0.866. The van der Waals surface area contributed by atoms with Gasteiger partial charge in [0, 0.05) is 18.2 Å². The Bertz CT molecular complexity index is 522. The number of rotatable bonds is 3. The van der Waals surface area contributed by atoms with E-state index in [1.54, 1.807) is 6.07 Å². The van der Waals surface area contributed by atoms with Gasteiger partial charge in [-0.3, -0.25) is 4.90 Å². The normalized spacial score (nSPS) is 22.0. The minimum Gasteiger partial charge on any atom is -0.320 e. The lowest BCUT2D eigenvalue weighted by Crippen LogP contribution is -2.34. The first-order chi connectivity index (χ1) is 10.1. The van der Waals surface area contributed by atoms with Crippen molar-refractivity contribution >= 4 is 0 Å². The topological polar surface area (TPSA) is 29.3 Å². The lowest BCUT2D eigenvalue weighted by molar-refractivity contribution is 0.164. The zero-order chi connectivity index (χ0) is 15.2. The second kappa shape index (κ2) is 7.59. The van der Waals surface area contributed by atoms with Crippen LogP contribution in [0.3, 0.4) is 0 Å². The molecule has 0 bridgehead atoms. The highest BCUT2D eigenvalue weighted by molar-refractivity contribution is 5.38. The molecule has 114 valence electrons. The minimum atomic E-state index is -0.223. The summed E-state index contributed by atoms with van der Waals surface area (Å²) in [5, 5.41) is 0. The molecule has 0 atom stereocenters. The van der Waals surface area contributed by atoms with E-state index in [-0.39, 0.29) is 5.82 Å². The van der Waals surface area contributed by atoms with Crippen LogP contribution in [0.5, 0.6) is 0 Å². The van der Waals surface area contributed by atoms with Crippen molar-refractivity contribution in [2.45, 2.75) is 45.2 Å². The first kappa shape index (κ1) is 16.0. The summed E-state index contributed by atoms with van der Waals surface area (Å²) in [5.41, 5.74) is 7.06. The third-order valence-electron chi connectivity index (χ3n) is 4.33. The van der Waals surface area contributed by atoms with Gasteiger partial charge in [-0.2, -0.15) is 0 Å². The van der Waals surface area contributed by atoms with Crippen LogP contribution < -0.4 is 5.73 Å². The summed E-state index contributed by atoms with van der Waals surface area (Å²) in [7, 11) is 2.14. The molecule has 0 spiro atoms. The predicted molar refractivity (Wildman–Crippen MR) is 85.2 cm³/mol. The van der Waals surface area contributed by atoms with E-state index in [1.165, 1.54) is 31.7 Å². The number of hydrogen-bond donors (Lipinski definition) is 1. The molecule has 1 aliphatic rings. The second-order valence-corrected chi connectivity index (χ2v) is 6.18. The molecule has 0 saturated heterocycles. The van der Waals surface area contributed by atoms with Gasteiger partial charge in [0.05, 0.1) is 6.54 Å². The number of nitrogens with two attached hydrogens (primary N) is 1. The van der Waals surface area contributed by atoms with Crippen molar-refractivity contribution in [2.75, 3.05) is 13.6 Å². The van der Waals surface area contributed by atoms with E-state index in [4.69, 9.17) is 5.73 Å². The molecule has 3 heteroatoms. The number of nitrogens with zero attached hydrogens (tertiary/aromatic N) is 1. The molecular weight excluding hydrogens is 263 g/mol. The van der Waals surface area contributed by atoms with Gasteiger partial charge >= 0.3 is 0 Å². The molecule has 1 aromatic carbocycles. The summed E-state index contributed by atoms with van der Waals surface area (Å²) >= 11 is 0. The maximum atomic E-state index is 13.7. The fraction of sp³-hybridized carbons (Fsp3) is 0.556. The average molecular weight is 288 g/mol. The zero-order valence-corrected chi connectivity index (χ0v) is 13.0. The summed E-state index contributed by atoms with van der Waals surface area (Å²) < 4.78 is 13.7. The van der Waals surface area contributed by atoms with E-state index in [2.05, 4.69) is 30.7 Å². The van der Waals surface area contributed by atoms with Gasteiger partial charge in [0.25, 0.3) is 0 Å². The van der Waals surface area contributed by atoms with Gasteiger partial charge in [0.15, 0.2) is 0 Å².